The fourth-order valence-corrected chi connectivity index (χ4v) is 3.53. The average molecular weight is 476 g/mol. The molecule has 3 aromatic rings. The summed E-state index contributed by atoms with van der Waals surface area (Å²) < 4.78 is 21.0. The van der Waals surface area contributed by atoms with Crippen molar-refractivity contribution in [2.24, 2.45) is 0 Å². The summed E-state index contributed by atoms with van der Waals surface area (Å²) in [4.78, 5) is 24.6. The molecular weight excluding hydrogens is 456 g/mol. The lowest BCUT2D eigenvalue weighted by Crippen LogP contribution is -2.61. The largest absolute Gasteiger partial charge is 0.508 e. The van der Waals surface area contributed by atoms with E-state index in [2.05, 4.69) is 4.74 Å². The lowest BCUT2D eigenvalue weighted by Gasteiger charge is -2.38. The number of fused-ring (bicyclic) bond motifs is 1. The Bertz CT molecular complexity index is 1280. The maximum atomic E-state index is 12.7. The van der Waals surface area contributed by atoms with Crippen LogP contribution in [0.3, 0.4) is 0 Å². The fourth-order valence-electron chi connectivity index (χ4n) is 3.53. The van der Waals surface area contributed by atoms with Gasteiger partial charge in [0.1, 0.15) is 41.0 Å². The SMILES string of the molecule is COC(=O)[C@H]1O[C@@H](Oc2c(O)cc(O)c3c(=O)cc(-c4ccc(O)cc4)oc23)[C@H](O)[C@@H](O)[C@@H]1O. The van der Waals surface area contributed by atoms with Gasteiger partial charge in [0.2, 0.25) is 12.0 Å². The third kappa shape index (κ3) is 3.99. The summed E-state index contributed by atoms with van der Waals surface area (Å²) in [6, 6.07) is 7.48. The Morgan fingerprint density at radius 1 is 0.941 bits per heavy atom. The molecule has 0 spiro atoms. The Morgan fingerprint density at radius 2 is 1.62 bits per heavy atom. The summed E-state index contributed by atoms with van der Waals surface area (Å²) in [6.45, 7) is 0. The van der Waals surface area contributed by atoms with Crippen molar-refractivity contribution in [3.8, 4) is 34.3 Å². The van der Waals surface area contributed by atoms with Crippen molar-refractivity contribution in [1.29, 1.82) is 0 Å². The summed E-state index contributed by atoms with van der Waals surface area (Å²) >= 11 is 0. The van der Waals surface area contributed by atoms with Crippen LogP contribution in [0.15, 0.2) is 45.6 Å². The molecule has 2 heterocycles. The summed E-state index contributed by atoms with van der Waals surface area (Å²) in [5, 5.41) is 60.2. The van der Waals surface area contributed by atoms with E-state index in [1.165, 1.54) is 24.3 Å². The minimum Gasteiger partial charge on any atom is -0.508 e. The highest BCUT2D eigenvalue weighted by Gasteiger charge is 2.49. The zero-order valence-electron chi connectivity index (χ0n) is 17.5. The van der Waals surface area contributed by atoms with Gasteiger partial charge in [-0.15, -0.1) is 0 Å². The van der Waals surface area contributed by atoms with Crippen molar-refractivity contribution in [2.45, 2.75) is 30.7 Å². The van der Waals surface area contributed by atoms with Crippen molar-refractivity contribution in [1.82, 2.24) is 0 Å². The van der Waals surface area contributed by atoms with Crippen LogP contribution in [0.2, 0.25) is 0 Å². The van der Waals surface area contributed by atoms with Crippen molar-refractivity contribution in [3.63, 3.8) is 0 Å². The molecule has 180 valence electrons. The number of rotatable bonds is 4. The van der Waals surface area contributed by atoms with Crippen molar-refractivity contribution >= 4 is 16.9 Å². The van der Waals surface area contributed by atoms with Gasteiger partial charge in [-0.25, -0.2) is 4.79 Å². The topological polar surface area (TPSA) is 196 Å². The molecule has 1 fully saturated rings. The molecule has 1 aromatic heterocycles. The quantitative estimate of drug-likeness (QED) is 0.275. The van der Waals surface area contributed by atoms with Gasteiger partial charge >= 0.3 is 5.97 Å². The Balaban J connectivity index is 1.82. The molecule has 0 bridgehead atoms. The molecule has 1 aliphatic rings. The van der Waals surface area contributed by atoms with Crippen molar-refractivity contribution in [2.75, 3.05) is 7.11 Å². The predicted molar refractivity (Wildman–Crippen MR) is 112 cm³/mol. The number of hydrogen-bond acceptors (Lipinski definition) is 12. The minimum atomic E-state index is -1.90. The molecule has 0 amide bonds. The van der Waals surface area contributed by atoms with Gasteiger partial charge in [0.15, 0.2) is 22.9 Å². The normalized spacial score (nSPS) is 24.6. The molecule has 34 heavy (non-hydrogen) atoms. The third-order valence-corrected chi connectivity index (χ3v) is 5.31. The first-order valence-electron chi connectivity index (χ1n) is 9.88. The van der Waals surface area contributed by atoms with E-state index in [-0.39, 0.29) is 16.9 Å². The van der Waals surface area contributed by atoms with E-state index in [1.807, 2.05) is 0 Å². The lowest BCUT2D eigenvalue weighted by molar-refractivity contribution is -0.271. The number of aromatic hydroxyl groups is 3. The van der Waals surface area contributed by atoms with Gasteiger partial charge in [0.25, 0.3) is 0 Å². The van der Waals surface area contributed by atoms with E-state index in [4.69, 9.17) is 13.9 Å². The molecule has 1 aliphatic heterocycles. The second-order valence-corrected chi connectivity index (χ2v) is 7.51. The van der Waals surface area contributed by atoms with Crippen LogP contribution >= 0.6 is 0 Å². The molecule has 6 N–H and O–H groups in total. The lowest BCUT2D eigenvalue weighted by atomic mass is 9.99. The Morgan fingerprint density at radius 3 is 2.26 bits per heavy atom. The zero-order valence-corrected chi connectivity index (χ0v) is 17.5. The molecule has 12 nitrogen and oxygen atoms in total. The summed E-state index contributed by atoms with van der Waals surface area (Å²) in [6.07, 6.45) is -9.20. The number of carbonyl (C=O) groups is 1. The maximum absolute atomic E-state index is 12.7. The number of methoxy groups -OCH3 is 1. The molecule has 4 rings (SSSR count). The Kier molecular flexibility index (Phi) is 6.06. The van der Waals surface area contributed by atoms with E-state index in [9.17, 15) is 40.2 Å². The van der Waals surface area contributed by atoms with E-state index >= 15 is 0 Å². The highest BCUT2D eigenvalue weighted by atomic mass is 16.7. The van der Waals surface area contributed by atoms with Gasteiger partial charge in [-0.05, 0) is 24.3 Å². The van der Waals surface area contributed by atoms with E-state index in [0.717, 1.165) is 19.2 Å². The molecular formula is C22H20O12. The second-order valence-electron chi connectivity index (χ2n) is 7.51. The number of esters is 1. The van der Waals surface area contributed by atoms with Crippen LogP contribution in [0.25, 0.3) is 22.3 Å². The maximum Gasteiger partial charge on any atom is 0.337 e. The molecule has 0 saturated carbocycles. The van der Waals surface area contributed by atoms with E-state index in [0.29, 0.717) is 5.56 Å². The van der Waals surface area contributed by atoms with Crippen LogP contribution in [0.1, 0.15) is 0 Å². The summed E-state index contributed by atoms with van der Waals surface area (Å²) in [5.74, 6) is -3.01. The second kappa shape index (κ2) is 8.83. The first-order valence-corrected chi connectivity index (χ1v) is 9.88. The number of carbonyl (C=O) groups excluding carboxylic acids is 1. The van der Waals surface area contributed by atoms with Crippen LogP contribution in [0.4, 0.5) is 0 Å². The number of aliphatic hydroxyl groups is 3. The van der Waals surface area contributed by atoms with Crippen LogP contribution in [0.5, 0.6) is 23.0 Å². The van der Waals surface area contributed by atoms with Gasteiger partial charge in [0.05, 0.1) is 7.11 Å². The van der Waals surface area contributed by atoms with Crippen molar-refractivity contribution < 1.29 is 54.1 Å². The number of hydrogen-bond donors (Lipinski definition) is 6. The zero-order chi connectivity index (χ0) is 24.7. The summed E-state index contributed by atoms with van der Waals surface area (Å²) in [7, 11) is 1.02. The van der Waals surface area contributed by atoms with Gasteiger partial charge in [0, 0.05) is 17.7 Å². The number of phenolic OH excluding ortho intramolecular Hbond substituents is 3. The molecule has 1 saturated heterocycles. The molecule has 12 heteroatoms. The monoisotopic (exact) mass is 476 g/mol. The minimum absolute atomic E-state index is 0.0136. The number of aliphatic hydroxyl groups excluding tert-OH is 3. The fraction of sp³-hybridized carbons (Fsp3) is 0.273. The first-order chi connectivity index (χ1) is 16.1. The Hall–Kier alpha value is -3.84. The third-order valence-electron chi connectivity index (χ3n) is 5.31. The first kappa shape index (κ1) is 23.3. The van der Waals surface area contributed by atoms with Crippen molar-refractivity contribution in [3.05, 3.63) is 46.6 Å². The molecule has 0 unspecified atom stereocenters. The van der Waals surface area contributed by atoms with Crippen LogP contribution in [-0.4, -0.2) is 74.4 Å². The summed E-state index contributed by atoms with van der Waals surface area (Å²) in [5.41, 5.74) is -0.775. The van der Waals surface area contributed by atoms with Crippen LogP contribution < -0.4 is 10.2 Å². The molecule has 5 atom stereocenters. The van der Waals surface area contributed by atoms with E-state index < -0.39 is 64.9 Å². The smallest absolute Gasteiger partial charge is 0.337 e. The predicted octanol–water partition coefficient (Wildman–Crippen LogP) is -0.0638. The van der Waals surface area contributed by atoms with E-state index in [1.54, 1.807) is 0 Å². The molecule has 2 aromatic carbocycles. The van der Waals surface area contributed by atoms with Crippen LogP contribution in [0, 0.1) is 0 Å². The standard InChI is InChI=1S/C22H20O12/c1-31-21(30)20-16(28)15(27)17(29)22(34-20)33-18-12(26)6-10(24)14-11(25)7-13(32-19(14)18)8-2-4-9(23)5-3-8/h2-7,15-17,20,22-24,26-29H,1H3/t15-,16-,17+,20-,22+/m0/s1. The number of benzene rings is 2. The Labute approximate surface area is 190 Å². The average Bonchev–Trinajstić information content (AvgIpc) is 2.80. The molecule has 0 aliphatic carbocycles. The van der Waals surface area contributed by atoms with Gasteiger partial charge in [-0.1, -0.05) is 0 Å². The van der Waals surface area contributed by atoms with Crippen LogP contribution in [-0.2, 0) is 14.3 Å². The highest BCUT2D eigenvalue weighted by molar-refractivity contribution is 5.91. The van der Waals surface area contributed by atoms with Gasteiger partial charge < -0.3 is 49.3 Å². The molecule has 0 radical (unpaired) electrons. The number of ether oxygens (including phenoxy) is 3. The van der Waals surface area contributed by atoms with Gasteiger partial charge in [-0.2, -0.15) is 0 Å². The highest BCUT2D eigenvalue weighted by Crippen LogP contribution is 2.42. The van der Waals surface area contributed by atoms with Gasteiger partial charge in [-0.3, -0.25) is 4.79 Å². The number of phenols is 3.